The highest BCUT2D eigenvalue weighted by Gasteiger charge is 2.12. The molecule has 0 aliphatic heterocycles. The van der Waals surface area contributed by atoms with Gasteiger partial charge in [-0.2, -0.15) is 5.26 Å². The fourth-order valence-corrected chi connectivity index (χ4v) is 2.04. The van der Waals surface area contributed by atoms with Gasteiger partial charge in [-0.25, -0.2) is 9.97 Å². The quantitative estimate of drug-likeness (QED) is 0.866. The third kappa shape index (κ3) is 2.95. The number of methoxy groups -OCH3 is 1. The van der Waals surface area contributed by atoms with Crippen LogP contribution in [0.5, 0.6) is 5.75 Å². The highest BCUT2D eigenvalue weighted by atomic mass is 79.9. The molecule has 0 aliphatic carbocycles. The smallest absolute Gasteiger partial charge is 0.199 e. The molecule has 19 heavy (non-hydrogen) atoms. The molecule has 96 valence electrons. The van der Waals surface area contributed by atoms with Crippen molar-refractivity contribution in [2.45, 2.75) is 0 Å². The topological polar surface area (TPSA) is 70.8 Å². The summed E-state index contributed by atoms with van der Waals surface area (Å²) in [6.45, 7) is 0. The Morgan fingerprint density at radius 2 is 2.21 bits per heavy atom. The number of aromatic nitrogens is 2. The van der Waals surface area contributed by atoms with Crippen molar-refractivity contribution in [2.24, 2.45) is 0 Å². The minimum absolute atomic E-state index is 0.204. The Morgan fingerprint density at radius 1 is 1.42 bits per heavy atom. The summed E-state index contributed by atoms with van der Waals surface area (Å²) >= 11 is 9.22. The SMILES string of the molecule is COc1c(Cl)ncnc1Nc1ccc(Br)cc1C#N. The Balaban J connectivity index is 2.42. The van der Waals surface area contributed by atoms with Gasteiger partial charge in [0, 0.05) is 4.47 Å². The summed E-state index contributed by atoms with van der Waals surface area (Å²) in [5.41, 5.74) is 1.09. The molecule has 1 heterocycles. The first kappa shape index (κ1) is 13.6. The molecule has 0 atom stereocenters. The van der Waals surface area contributed by atoms with Crippen LogP contribution in [0.4, 0.5) is 11.5 Å². The molecule has 0 spiro atoms. The predicted octanol–water partition coefficient (Wildman–Crippen LogP) is 3.52. The van der Waals surface area contributed by atoms with E-state index in [1.165, 1.54) is 13.4 Å². The molecule has 0 fully saturated rings. The van der Waals surface area contributed by atoms with E-state index in [2.05, 4.69) is 37.3 Å². The summed E-state index contributed by atoms with van der Waals surface area (Å²) in [5.74, 6) is 0.734. The van der Waals surface area contributed by atoms with Crippen LogP contribution in [0.1, 0.15) is 5.56 Å². The van der Waals surface area contributed by atoms with E-state index in [9.17, 15) is 0 Å². The normalized spacial score (nSPS) is 9.79. The molecule has 1 aromatic heterocycles. The lowest BCUT2D eigenvalue weighted by molar-refractivity contribution is 0.413. The van der Waals surface area contributed by atoms with E-state index >= 15 is 0 Å². The maximum Gasteiger partial charge on any atom is 0.199 e. The number of rotatable bonds is 3. The second-order valence-electron chi connectivity index (χ2n) is 3.47. The number of nitriles is 1. The van der Waals surface area contributed by atoms with E-state index in [4.69, 9.17) is 21.6 Å². The molecule has 0 amide bonds. The molecule has 0 radical (unpaired) electrons. The third-order valence-corrected chi connectivity index (χ3v) is 3.08. The maximum atomic E-state index is 9.10. The van der Waals surface area contributed by atoms with E-state index in [-0.39, 0.29) is 5.15 Å². The molecule has 0 bridgehead atoms. The molecule has 1 N–H and O–H groups in total. The first-order chi connectivity index (χ1) is 9.15. The summed E-state index contributed by atoms with van der Waals surface area (Å²) in [4.78, 5) is 7.88. The van der Waals surface area contributed by atoms with E-state index < -0.39 is 0 Å². The van der Waals surface area contributed by atoms with Gasteiger partial charge in [0.2, 0.25) is 0 Å². The predicted molar refractivity (Wildman–Crippen MR) is 75.7 cm³/mol. The Morgan fingerprint density at radius 3 is 2.89 bits per heavy atom. The molecule has 1 aromatic carbocycles. The highest BCUT2D eigenvalue weighted by molar-refractivity contribution is 9.10. The van der Waals surface area contributed by atoms with Gasteiger partial charge in [0.25, 0.3) is 0 Å². The lowest BCUT2D eigenvalue weighted by atomic mass is 10.2. The number of halogens is 2. The van der Waals surface area contributed by atoms with Crippen LogP contribution in [0.25, 0.3) is 0 Å². The summed E-state index contributed by atoms with van der Waals surface area (Å²) < 4.78 is 5.96. The highest BCUT2D eigenvalue weighted by Crippen LogP contribution is 2.32. The van der Waals surface area contributed by atoms with Crippen LogP contribution in [0.15, 0.2) is 29.0 Å². The molecule has 0 saturated carbocycles. The van der Waals surface area contributed by atoms with Crippen LogP contribution in [0.2, 0.25) is 5.15 Å². The van der Waals surface area contributed by atoms with Gasteiger partial charge in [0.05, 0.1) is 18.4 Å². The monoisotopic (exact) mass is 338 g/mol. The molecule has 0 aliphatic rings. The molecule has 2 aromatic rings. The summed E-state index contributed by atoms with van der Waals surface area (Å²) in [7, 11) is 1.47. The van der Waals surface area contributed by atoms with Gasteiger partial charge >= 0.3 is 0 Å². The lowest BCUT2D eigenvalue weighted by Crippen LogP contribution is -2.00. The number of anilines is 2. The van der Waals surface area contributed by atoms with Gasteiger partial charge in [-0.1, -0.05) is 27.5 Å². The molecular formula is C12H8BrClN4O. The fourth-order valence-electron chi connectivity index (χ4n) is 1.47. The molecule has 5 nitrogen and oxygen atoms in total. The third-order valence-electron chi connectivity index (χ3n) is 2.32. The number of ether oxygens (including phenoxy) is 1. The lowest BCUT2D eigenvalue weighted by Gasteiger charge is -2.11. The first-order valence-corrected chi connectivity index (χ1v) is 6.34. The standard InChI is InChI=1S/C12H8BrClN4O/c1-19-10-11(14)16-6-17-12(10)18-9-3-2-8(13)4-7(9)5-15/h2-4,6H,1H3,(H,16,17,18). The zero-order valence-corrected chi connectivity index (χ0v) is 12.2. The molecular weight excluding hydrogens is 332 g/mol. The number of benzene rings is 1. The molecule has 0 saturated heterocycles. The first-order valence-electron chi connectivity index (χ1n) is 5.17. The average Bonchev–Trinajstić information content (AvgIpc) is 2.41. The molecule has 0 unspecified atom stereocenters. The Kier molecular flexibility index (Phi) is 4.20. The van der Waals surface area contributed by atoms with Crippen molar-refractivity contribution in [3.63, 3.8) is 0 Å². The van der Waals surface area contributed by atoms with Gasteiger partial charge in [-0.05, 0) is 18.2 Å². The van der Waals surface area contributed by atoms with Crippen molar-refractivity contribution in [3.05, 3.63) is 39.7 Å². The van der Waals surface area contributed by atoms with Gasteiger partial charge in [0.15, 0.2) is 16.7 Å². The molecule has 7 heteroatoms. The van der Waals surface area contributed by atoms with Crippen LogP contribution >= 0.6 is 27.5 Å². The number of hydrogen-bond donors (Lipinski definition) is 1. The van der Waals surface area contributed by atoms with E-state index in [0.29, 0.717) is 22.8 Å². The Hall–Kier alpha value is -1.84. The van der Waals surface area contributed by atoms with Crippen LogP contribution < -0.4 is 10.1 Å². The van der Waals surface area contributed by atoms with Gasteiger partial charge < -0.3 is 10.1 Å². The van der Waals surface area contributed by atoms with E-state index in [1.807, 2.05) is 6.07 Å². The second-order valence-corrected chi connectivity index (χ2v) is 4.75. The van der Waals surface area contributed by atoms with Crippen LogP contribution in [0.3, 0.4) is 0 Å². The largest absolute Gasteiger partial charge is 0.490 e. The Labute approximate surface area is 123 Å². The van der Waals surface area contributed by atoms with E-state index in [0.717, 1.165) is 4.47 Å². The summed E-state index contributed by atoms with van der Waals surface area (Å²) in [5, 5.41) is 12.3. The summed E-state index contributed by atoms with van der Waals surface area (Å²) in [6, 6.07) is 7.38. The van der Waals surface area contributed by atoms with Crippen molar-refractivity contribution in [2.75, 3.05) is 12.4 Å². The fraction of sp³-hybridized carbons (Fsp3) is 0.0833. The zero-order chi connectivity index (χ0) is 13.8. The second kappa shape index (κ2) is 5.87. The minimum Gasteiger partial charge on any atom is -0.490 e. The van der Waals surface area contributed by atoms with Gasteiger partial charge in [-0.3, -0.25) is 0 Å². The summed E-state index contributed by atoms with van der Waals surface area (Å²) in [6.07, 6.45) is 1.32. The van der Waals surface area contributed by atoms with Gasteiger partial charge in [0.1, 0.15) is 12.4 Å². The zero-order valence-electron chi connectivity index (χ0n) is 9.82. The number of nitrogens with one attached hydrogen (secondary N) is 1. The Bertz CT molecular complexity index is 657. The van der Waals surface area contributed by atoms with Crippen molar-refractivity contribution in [3.8, 4) is 11.8 Å². The number of hydrogen-bond acceptors (Lipinski definition) is 5. The van der Waals surface area contributed by atoms with Crippen LogP contribution in [0, 0.1) is 11.3 Å². The van der Waals surface area contributed by atoms with Crippen molar-refractivity contribution in [1.29, 1.82) is 5.26 Å². The van der Waals surface area contributed by atoms with E-state index in [1.54, 1.807) is 12.1 Å². The van der Waals surface area contributed by atoms with Crippen LogP contribution in [-0.2, 0) is 0 Å². The maximum absolute atomic E-state index is 9.10. The van der Waals surface area contributed by atoms with Gasteiger partial charge in [-0.15, -0.1) is 0 Å². The average molecular weight is 340 g/mol. The number of nitrogens with zero attached hydrogens (tertiary/aromatic N) is 3. The minimum atomic E-state index is 0.204. The molecule has 2 rings (SSSR count). The van der Waals surface area contributed by atoms with Crippen molar-refractivity contribution in [1.82, 2.24) is 9.97 Å². The van der Waals surface area contributed by atoms with Crippen molar-refractivity contribution >= 4 is 39.0 Å². The van der Waals surface area contributed by atoms with Crippen LogP contribution in [-0.4, -0.2) is 17.1 Å². The van der Waals surface area contributed by atoms with Crippen molar-refractivity contribution < 1.29 is 4.74 Å².